The number of nitrogen functional groups attached to an aromatic ring is 2. The number of pyridine rings is 2. The maximum atomic E-state index is 13.8. The highest BCUT2D eigenvalue weighted by Crippen LogP contribution is 2.43. The maximum absolute atomic E-state index is 13.8. The van der Waals surface area contributed by atoms with E-state index in [4.69, 9.17) is 44.1 Å². The van der Waals surface area contributed by atoms with Crippen molar-refractivity contribution in [3.8, 4) is 34.5 Å². The van der Waals surface area contributed by atoms with E-state index in [9.17, 15) is 35.9 Å². The predicted octanol–water partition coefficient (Wildman–Crippen LogP) is 8.22. The van der Waals surface area contributed by atoms with Crippen LogP contribution in [0.25, 0.3) is 44.3 Å². The molecule has 8 rings (SSSR count). The van der Waals surface area contributed by atoms with Gasteiger partial charge >= 0.3 is 24.4 Å². The van der Waals surface area contributed by atoms with Gasteiger partial charge in [0.2, 0.25) is 11.8 Å². The molecule has 6 aromatic rings. The number of amides is 2. The number of hydrogen-bond donors (Lipinski definition) is 2. The SMILES string of the molecule is C=CC(=O)N1CCN(c2nc(O[C@@H](C)CN(C)C)nc3cc(-c4nc(N)ccc4C(F)(F)F)c(Cl)cc23)CC1.C=CC(=O)N1CCN(c2nc(O[C@H](C)CN(C)C)nc3cc(-c4nc(N)ccc4C(F)(F)F)c(Cl)cc23)CC1. The number of ether oxygens (including phenoxy) is 2. The second-order valence-corrected chi connectivity index (χ2v) is 19.8. The van der Waals surface area contributed by atoms with Crippen molar-refractivity contribution in [3.63, 3.8) is 0 Å². The monoisotopic (exact) mass is 1130 g/mol. The number of likely N-dealkylation sites (N-methyl/N-ethyl adjacent to an activating group) is 2. The minimum atomic E-state index is -4.68. The van der Waals surface area contributed by atoms with Crippen LogP contribution < -0.4 is 30.7 Å². The molecule has 2 fully saturated rings. The largest absolute Gasteiger partial charge is 0.459 e. The molecule has 2 saturated heterocycles. The molecule has 0 bridgehead atoms. The van der Waals surface area contributed by atoms with Crippen molar-refractivity contribution in [2.24, 2.45) is 0 Å². The van der Waals surface area contributed by atoms with Gasteiger partial charge in [0.05, 0.1) is 43.6 Å². The van der Waals surface area contributed by atoms with Gasteiger partial charge in [-0.05, 0) is 103 Å². The summed E-state index contributed by atoms with van der Waals surface area (Å²) in [6.07, 6.45) is -7.35. The molecule has 2 aliphatic rings. The van der Waals surface area contributed by atoms with Gasteiger partial charge in [0.1, 0.15) is 35.5 Å². The van der Waals surface area contributed by atoms with Gasteiger partial charge in [-0.25, -0.2) is 9.97 Å². The summed E-state index contributed by atoms with van der Waals surface area (Å²) in [7, 11) is 7.62. The number of nitrogens with two attached hydrogens (primary N) is 2. The van der Waals surface area contributed by atoms with Crippen molar-refractivity contribution >= 4 is 80.1 Å². The molecular formula is C52H58Cl2F6N14O4. The summed E-state index contributed by atoms with van der Waals surface area (Å²) < 4.78 is 95.0. The van der Waals surface area contributed by atoms with Crippen LogP contribution in [-0.2, 0) is 21.9 Å². The van der Waals surface area contributed by atoms with Crippen LogP contribution in [0.2, 0.25) is 10.0 Å². The Hall–Kier alpha value is -7.28. The zero-order chi connectivity index (χ0) is 57.0. The van der Waals surface area contributed by atoms with E-state index in [1.54, 1.807) is 9.80 Å². The van der Waals surface area contributed by atoms with Crippen LogP contribution >= 0.6 is 23.2 Å². The van der Waals surface area contributed by atoms with Gasteiger partial charge in [0, 0.05) is 87.3 Å². The van der Waals surface area contributed by atoms with E-state index in [0.717, 1.165) is 24.3 Å². The molecule has 2 atom stereocenters. The Bertz CT molecular complexity index is 3000. The Morgan fingerprint density at radius 3 is 1.26 bits per heavy atom. The van der Waals surface area contributed by atoms with Crippen molar-refractivity contribution in [3.05, 3.63) is 95.0 Å². The van der Waals surface area contributed by atoms with Crippen LogP contribution in [0.5, 0.6) is 12.0 Å². The fourth-order valence-corrected chi connectivity index (χ4v) is 9.50. The molecule has 78 heavy (non-hydrogen) atoms. The molecule has 2 aromatic carbocycles. The fraction of sp³-hybridized carbons (Fsp3) is 0.385. The normalized spacial score (nSPS) is 15.1. The Labute approximate surface area is 456 Å². The van der Waals surface area contributed by atoms with Crippen molar-refractivity contribution in [2.75, 3.05) is 115 Å². The van der Waals surface area contributed by atoms with Crippen molar-refractivity contribution in [1.29, 1.82) is 0 Å². The van der Waals surface area contributed by atoms with E-state index >= 15 is 0 Å². The number of nitrogens with zero attached hydrogens (tertiary/aromatic N) is 12. The van der Waals surface area contributed by atoms with Gasteiger partial charge in [-0.1, -0.05) is 36.4 Å². The third kappa shape index (κ3) is 13.9. The Morgan fingerprint density at radius 1 is 0.603 bits per heavy atom. The van der Waals surface area contributed by atoms with Crippen LogP contribution in [-0.4, -0.2) is 167 Å². The third-order valence-corrected chi connectivity index (χ3v) is 13.1. The van der Waals surface area contributed by atoms with E-state index in [-0.39, 0.29) is 68.9 Å². The minimum absolute atomic E-state index is 0.0298. The van der Waals surface area contributed by atoms with Crippen molar-refractivity contribution < 1.29 is 45.4 Å². The molecule has 0 saturated carbocycles. The molecular weight excluding hydrogens is 1070 g/mol. The number of carbonyl (C=O) groups is 2. The Balaban J connectivity index is 0.000000226. The second kappa shape index (κ2) is 24.2. The molecule has 26 heteroatoms. The molecule has 4 aromatic heterocycles. The van der Waals surface area contributed by atoms with E-state index in [1.165, 1.54) is 36.4 Å². The summed E-state index contributed by atoms with van der Waals surface area (Å²) in [5, 5.41) is 1.12. The van der Waals surface area contributed by atoms with E-state index in [1.807, 2.05) is 61.6 Å². The molecule has 0 unspecified atom stereocenters. The lowest BCUT2D eigenvalue weighted by molar-refractivity contribution is -0.138. The predicted molar refractivity (Wildman–Crippen MR) is 290 cm³/mol. The Kier molecular flexibility index (Phi) is 18.1. The van der Waals surface area contributed by atoms with E-state index in [0.29, 0.717) is 98.9 Å². The zero-order valence-corrected chi connectivity index (χ0v) is 45.1. The molecule has 2 amide bonds. The molecule has 0 spiro atoms. The summed E-state index contributed by atoms with van der Waals surface area (Å²) in [6, 6.07) is 10.0. The smallest absolute Gasteiger partial charge is 0.418 e. The molecule has 0 aliphatic carbocycles. The van der Waals surface area contributed by atoms with Crippen LogP contribution in [0, 0.1) is 0 Å². The average molecular weight is 1130 g/mol. The first-order chi connectivity index (χ1) is 36.7. The first-order valence-corrected chi connectivity index (χ1v) is 25.2. The average Bonchev–Trinajstić information content (AvgIpc) is 3.47. The van der Waals surface area contributed by atoms with Crippen LogP contribution in [0.3, 0.4) is 0 Å². The fourth-order valence-electron chi connectivity index (χ4n) is 8.99. The van der Waals surface area contributed by atoms with E-state index < -0.39 is 34.9 Å². The van der Waals surface area contributed by atoms with Gasteiger partial charge in [-0.2, -0.15) is 46.3 Å². The van der Waals surface area contributed by atoms with Crippen molar-refractivity contribution in [2.45, 2.75) is 38.4 Å². The Morgan fingerprint density at radius 2 is 0.949 bits per heavy atom. The standard InChI is InChI=1S/2C26H29ClF3N7O2/c2*1-5-22(38)36-8-10-37(11-9-36)24-17-12-19(27)16(23-18(26(28,29)30)6-7-21(31)33-23)13-20(17)32-25(34-24)39-15(2)14-35(3)4/h2*5-7,12-13,15H,1,8-11,14H2,2-4H3,(H2,31,33)/t2*15-/m10/s1. The van der Waals surface area contributed by atoms with E-state index in [2.05, 4.69) is 43.1 Å². The summed E-state index contributed by atoms with van der Waals surface area (Å²) in [4.78, 5) is 61.6. The highest BCUT2D eigenvalue weighted by atomic mass is 35.5. The lowest BCUT2D eigenvalue weighted by Crippen LogP contribution is -2.48. The number of fused-ring (bicyclic) bond motifs is 2. The lowest BCUT2D eigenvalue weighted by atomic mass is 10.0. The van der Waals surface area contributed by atoms with Gasteiger partial charge in [0.15, 0.2) is 0 Å². The topological polar surface area (TPSA) is 201 Å². The number of hydrogen-bond acceptors (Lipinski definition) is 16. The molecule has 416 valence electrons. The minimum Gasteiger partial charge on any atom is -0.459 e. The summed E-state index contributed by atoms with van der Waals surface area (Å²) in [5.41, 5.74) is 9.48. The van der Waals surface area contributed by atoms with Gasteiger partial charge in [-0.3, -0.25) is 9.59 Å². The summed E-state index contributed by atoms with van der Waals surface area (Å²) in [6.45, 7) is 15.6. The van der Waals surface area contributed by atoms with Gasteiger partial charge < -0.3 is 50.3 Å². The van der Waals surface area contributed by atoms with Crippen LogP contribution in [0.4, 0.5) is 49.6 Å². The molecule has 4 N–H and O–H groups in total. The lowest BCUT2D eigenvalue weighted by Gasteiger charge is -2.35. The first-order valence-electron chi connectivity index (χ1n) is 24.4. The highest BCUT2D eigenvalue weighted by Gasteiger charge is 2.37. The molecule has 2 aliphatic heterocycles. The quantitative estimate of drug-likeness (QED) is 0.0780. The summed E-state index contributed by atoms with van der Waals surface area (Å²) >= 11 is 13.1. The van der Waals surface area contributed by atoms with Crippen LogP contribution in [0.1, 0.15) is 25.0 Å². The second-order valence-electron chi connectivity index (χ2n) is 19.0. The number of rotatable bonds is 14. The van der Waals surface area contributed by atoms with Crippen LogP contribution in [0.15, 0.2) is 73.8 Å². The van der Waals surface area contributed by atoms with Crippen molar-refractivity contribution in [1.82, 2.24) is 49.5 Å². The molecule has 18 nitrogen and oxygen atoms in total. The number of piperazine rings is 2. The number of halogens is 8. The van der Waals surface area contributed by atoms with Gasteiger partial charge in [-0.15, -0.1) is 0 Å². The maximum Gasteiger partial charge on any atom is 0.418 e. The first kappa shape index (κ1) is 58.4. The number of benzene rings is 2. The zero-order valence-electron chi connectivity index (χ0n) is 43.6. The van der Waals surface area contributed by atoms with Gasteiger partial charge in [0.25, 0.3) is 0 Å². The summed E-state index contributed by atoms with van der Waals surface area (Å²) in [5.74, 6) is 0.528. The third-order valence-electron chi connectivity index (χ3n) is 12.4. The number of anilines is 4. The molecule has 0 radical (unpaired) electrons. The number of carbonyl (C=O) groups excluding carboxylic acids is 2. The number of alkyl halides is 6. The number of aromatic nitrogens is 6. The highest BCUT2D eigenvalue weighted by molar-refractivity contribution is 6.35. The molecule has 6 heterocycles.